The van der Waals surface area contributed by atoms with Gasteiger partial charge in [-0.3, -0.25) is 4.79 Å². The van der Waals surface area contributed by atoms with Crippen LogP contribution in [0.5, 0.6) is 0 Å². The molecule has 0 saturated carbocycles. The molecule has 0 heterocycles. The van der Waals surface area contributed by atoms with E-state index in [0.717, 1.165) is 0 Å². The van der Waals surface area contributed by atoms with Crippen LogP contribution in [0.25, 0.3) is 4.85 Å². The smallest absolute Gasteiger partial charge is 0.251 e. The Labute approximate surface area is 89.9 Å². The van der Waals surface area contributed by atoms with Gasteiger partial charge in [0.05, 0.1) is 6.57 Å². The Morgan fingerprint density at radius 1 is 1.27 bits per heavy atom. The number of carbonyl (C=O) groups is 1. The molecule has 78 valence electrons. The minimum Gasteiger partial charge on any atom is -0.347 e. The minimum atomic E-state index is -0.241. The zero-order valence-electron chi connectivity index (χ0n) is 9.16. The van der Waals surface area contributed by atoms with Gasteiger partial charge < -0.3 is 5.32 Å². The second-order valence-electron chi connectivity index (χ2n) is 4.36. The van der Waals surface area contributed by atoms with E-state index in [1.54, 1.807) is 24.3 Å². The molecular weight excluding hydrogens is 188 g/mol. The number of carbonyl (C=O) groups excluding carboxylic acids is 1. The summed E-state index contributed by atoms with van der Waals surface area (Å²) in [5, 5.41) is 2.86. The summed E-state index contributed by atoms with van der Waals surface area (Å²) in [6.45, 7) is 12.6. The van der Waals surface area contributed by atoms with Gasteiger partial charge in [-0.05, 0) is 20.8 Å². The monoisotopic (exact) mass is 202 g/mol. The quantitative estimate of drug-likeness (QED) is 0.698. The van der Waals surface area contributed by atoms with Crippen molar-refractivity contribution in [1.29, 1.82) is 0 Å². The summed E-state index contributed by atoms with van der Waals surface area (Å²) in [7, 11) is 0. The zero-order chi connectivity index (χ0) is 11.5. The first-order chi connectivity index (χ1) is 6.92. The SMILES string of the molecule is [C-]#[N+]c1ccc(C(=O)NC(C)(C)C)cc1. The van der Waals surface area contributed by atoms with Crippen LogP contribution in [0, 0.1) is 6.57 Å². The van der Waals surface area contributed by atoms with Crippen LogP contribution in [0.2, 0.25) is 0 Å². The second-order valence-corrected chi connectivity index (χ2v) is 4.36. The lowest BCUT2D eigenvalue weighted by Crippen LogP contribution is -2.40. The van der Waals surface area contributed by atoms with Gasteiger partial charge in [-0.15, -0.1) is 0 Å². The van der Waals surface area contributed by atoms with Gasteiger partial charge in [0.2, 0.25) is 0 Å². The number of hydrogen-bond acceptors (Lipinski definition) is 1. The van der Waals surface area contributed by atoms with Crippen molar-refractivity contribution in [2.45, 2.75) is 26.3 Å². The van der Waals surface area contributed by atoms with E-state index in [-0.39, 0.29) is 11.4 Å². The van der Waals surface area contributed by atoms with E-state index in [1.807, 2.05) is 20.8 Å². The van der Waals surface area contributed by atoms with Crippen LogP contribution in [0.1, 0.15) is 31.1 Å². The van der Waals surface area contributed by atoms with Crippen LogP contribution >= 0.6 is 0 Å². The molecule has 3 heteroatoms. The fourth-order valence-corrected chi connectivity index (χ4v) is 1.10. The highest BCUT2D eigenvalue weighted by Crippen LogP contribution is 2.13. The number of nitrogens with one attached hydrogen (secondary N) is 1. The molecule has 0 fully saturated rings. The van der Waals surface area contributed by atoms with E-state index in [9.17, 15) is 4.79 Å². The molecule has 0 saturated heterocycles. The van der Waals surface area contributed by atoms with Crippen LogP contribution in [-0.2, 0) is 0 Å². The van der Waals surface area contributed by atoms with Crippen molar-refractivity contribution in [3.05, 3.63) is 41.2 Å². The largest absolute Gasteiger partial charge is 0.347 e. The fourth-order valence-electron chi connectivity index (χ4n) is 1.10. The van der Waals surface area contributed by atoms with E-state index >= 15 is 0 Å². The summed E-state index contributed by atoms with van der Waals surface area (Å²) in [6.07, 6.45) is 0. The first-order valence-corrected chi connectivity index (χ1v) is 4.72. The van der Waals surface area contributed by atoms with Crippen LogP contribution in [0.4, 0.5) is 5.69 Å². The Bertz CT molecular complexity index is 393. The lowest BCUT2D eigenvalue weighted by molar-refractivity contribution is 0.0919. The molecule has 0 spiro atoms. The van der Waals surface area contributed by atoms with Gasteiger partial charge in [0.1, 0.15) is 0 Å². The van der Waals surface area contributed by atoms with Gasteiger partial charge in [0, 0.05) is 11.1 Å². The summed E-state index contributed by atoms with van der Waals surface area (Å²) < 4.78 is 0. The molecule has 3 nitrogen and oxygen atoms in total. The number of rotatable bonds is 1. The predicted molar refractivity (Wildman–Crippen MR) is 59.9 cm³/mol. The van der Waals surface area contributed by atoms with Gasteiger partial charge in [-0.25, -0.2) is 4.85 Å². The third-order valence-corrected chi connectivity index (χ3v) is 1.75. The van der Waals surface area contributed by atoms with Crippen molar-refractivity contribution in [1.82, 2.24) is 5.32 Å². The lowest BCUT2D eigenvalue weighted by atomic mass is 10.1. The lowest BCUT2D eigenvalue weighted by Gasteiger charge is -2.20. The Morgan fingerprint density at radius 3 is 2.20 bits per heavy atom. The minimum absolute atomic E-state index is 0.112. The van der Waals surface area contributed by atoms with Crippen molar-refractivity contribution < 1.29 is 4.79 Å². The highest BCUT2D eigenvalue weighted by Gasteiger charge is 2.14. The molecule has 0 aliphatic rings. The standard InChI is InChI=1S/C12H14N2O/c1-12(2,3)14-11(15)9-5-7-10(13-4)8-6-9/h5-8H,1-3H3,(H,14,15). The summed E-state index contributed by atoms with van der Waals surface area (Å²) in [6, 6.07) is 6.61. The van der Waals surface area contributed by atoms with E-state index in [4.69, 9.17) is 6.57 Å². The molecule has 1 amide bonds. The van der Waals surface area contributed by atoms with Crippen molar-refractivity contribution in [2.24, 2.45) is 0 Å². The highest BCUT2D eigenvalue weighted by molar-refractivity contribution is 5.94. The van der Waals surface area contributed by atoms with Crippen molar-refractivity contribution in [3.63, 3.8) is 0 Å². The third kappa shape index (κ3) is 3.43. The Kier molecular flexibility index (Phi) is 3.11. The fraction of sp³-hybridized carbons (Fsp3) is 0.333. The van der Waals surface area contributed by atoms with E-state index in [2.05, 4.69) is 10.2 Å². The van der Waals surface area contributed by atoms with Crippen molar-refractivity contribution >= 4 is 11.6 Å². The van der Waals surface area contributed by atoms with Gasteiger partial charge in [-0.2, -0.15) is 0 Å². The predicted octanol–water partition coefficient (Wildman–Crippen LogP) is 2.77. The van der Waals surface area contributed by atoms with Crippen LogP contribution in [0.15, 0.2) is 24.3 Å². The normalized spacial score (nSPS) is 10.5. The number of benzene rings is 1. The molecule has 0 unspecified atom stereocenters. The molecule has 0 atom stereocenters. The summed E-state index contributed by atoms with van der Waals surface area (Å²) >= 11 is 0. The molecule has 0 aromatic heterocycles. The number of amides is 1. The molecule has 1 aromatic rings. The Hall–Kier alpha value is -1.82. The molecule has 1 rings (SSSR count). The van der Waals surface area contributed by atoms with Crippen LogP contribution in [-0.4, -0.2) is 11.4 Å². The van der Waals surface area contributed by atoms with Crippen LogP contribution < -0.4 is 5.32 Å². The second kappa shape index (κ2) is 4.14. The Balaban J connectivity index is 2.80. The zero-order valence-corrected chi connectivity index (χ0v) is 9.16. The first-order valence-electron chi connectivity index (χ1n) is 4.72. The maximum absolute atomic E-state index is 11.7. The highest BCUT2D eigenvalue weighted by atomic mass is 16.1. The van der Waals surface area contributed by atoms with E-state index < -0.39 is 0 Å². The van der Waals surface area contributed by atoms with Gasteiger partial charge in [0.25, 0.3) is 5.91 Å². The maximum Gasteiger partial charge on any atom is 0.251 e. The average Bonchev–Trinajstić information content (AvgIpc) is 2.15. The molecule has 15 heavy (non-hydrogen) atoms. The molecule has 1 N–H and O–H groups in total. The van der Waals surface area contributed by atoms with Crippen molar-refractivity contribution in [2.75, 3.05) is 0 Å². The van der Waals surface area contributed by atoms with Gasteiger partial charge in [0.15, 0.2) is 5.69 Å². The first kappa shape index (κ1) is 11.3. The average molecular weight is 202 g/mol. The molecule has 0 bridgehead atoms. The molecule has 0 aliphatic heterocycles. The number of nitrogens with zero attached hydrogens (tertiary/aromatic N) is 1. The molecule has 0 aliphatic carbocycles. The third-order valence-electron chi connectivity index (χ3n) is 1.75. The van der Waals surface area contributed by atoms with E-state index in [0.29, 0.717) is 11.3 Å². The van der Waals surface area contributed by atoms with Gasteiger partial charge >= 0.3 is 0 Å². The summed E-state index contributed by atoms with van der Waals surface area (Å²) in [5.41, 5.74) is 0.884. The van der Waals surface area contributed by atoms with E-state index in [1.165, 1.54) is 0 Å². The molecule has 0 radical (unpaired) electrons. The summed E-state index contributed by atoms with van der Waals surface area (Å²) in [5.74, 6) is -0.112. The van der Waals surface area contributed by atoms with Crippen LogP contribution in [0.3, 0.4) is 0 Å². The van der Waals surface area contributed by atoms with Gasteiger partial charge in [-0.1, -0.05) is 24.3 Å². The summed E-state index contributed by atoms with van der Waals surface area (Å²) in [4.78, 5) is 14.9. The molecule has 1 aromatic carbocycles. The Morgan fingerprint density at radius 2 is 1.80 bits per heavy atom. The van der Waals surface area contributed by atoms with Crippen molar-refractivity contribution in [3.8, 4) is 0 Å². The number of hydrogen-bond donors (Lipinski definition) is 1. The maximum atomic E-state index is 11.7. The molecular formula is C12H14N2O. The topological polar surface area (TPSA) is 33.5 Å².